The van der Waals surface area contributed by atoms with E-state index in [1.54, 1.807) is 24.1 Å². The van der Waals surface area contributed by atoms with E-state index >= 15 is 0 Å². The Kier molecular flexibility index (Phi) is 5.24. The highest BCUT2D eigenvalue weighted by molar-refractivity contribution is 5.86. The van der Waals surface area contributed by atoms with Crippen molar-refractivity contribution in [3.8, 4) is 34.3 Å². The molecular formula is C25H19N3O5. The van der Waals surface area contributed by atoms with Gasteiger partial charge in [-0.15, -0.1) is 5.10 Å². The van der Waals surface area contributed by atoms with Gasteiger partial charge in [0, 0.05) is 23.8 Å². The van der Waals surface area contributed by atoms with Crippen molar-refractivity contribution in [3.05, 3.63) is 94.9 Å². The van der Waals surface area contributed by atoms with Crippen LogP contribution >= 0.6 is 0 Å². The highest BCUT2D eigenvalue weighted by Gasteiger charge is 2.13. The van der Waals surface area contributed by atoms with E-state index in [2.05, 4.69) is 10.3 Å². The molecule has 0 radical (unpaired) electrons. The van der Waals surface area contributed by atoms with Gasteiger partial charge in [-0.25, -0.2) is 4.68 Å². The summed E-state index contributed by atoms with van der Waals surface area (Å²) in [7, 11) is 1.61. The first kappa shape index (κ1) is 20.3. The molecule has 0 saturated heterocycles. The quantitative estimate of drug-likeness (QED) is 0.419. The van der Waals surface area contributed by atoms with E-state index in [9.17, 15) is 9.90 Å². The first-order chi connectivity index (χ1) is 16.1. The first-order valence-corrected chi connectivity index (χ1v) is 10.2. The highest BCUT2D eigenvalue weighted by Crippen LogP contribution is 2.31. The zero-order chi connectivity index (χ0) is 22.8. The van der Waals surface area contributed by atoms with Gasteiger partial charge in [-0.3, -0.25) is 4.79 Å². The van der Waals surface area contributed by atoms with Gasteiger partial charge in [0.1, 0.15) is 46.3 Å². The van der Waals surface area contributed by atoms with Crippen molar-refractivity contribution in [1.29, 1.82) is 0 Å². The average Bonchev–Trinajstić information content (AvgIpc) is 3.32. The predicted molar refractivity (Wildman–Crippen MR) is 122 cm³/mol. The fourth-order valence-electron chi connectivity index (χ4n) is 3.45. The number of ether oxygens (including phenoxy) is 2. The fourth-order valence-corrected chi connectivity index (χ4v) is 3.45. The van der Waals surface area contributed by atoms with Gasteiger partial charge < -0.3 is 19.0 Å². The van der Waals surface area contributed by atoms with Crippen LogP contribution in [0.5, 0.6) is 17.2 Å². The molecule has 0 spiro atoms. The Hall–Kier alpha value is -4.59. The lowest BCUT2D eigenvalue weighted by molar-refractivity contribution is 0.299. The third-order valence-corrected chi connectivity index (χ3v) is 5.11. The predicted octanol–water partition coefficient (Wildman–Crippen LogP) is 4.33. The van der Waals surface area contributed by atoms with Crippen LogP contribution in [0, 0.1) is 0 Å². The van der Waals surface area contributed by atoms with Crippen LogP contribution in [0.25, 0.3) is 28.0 Å². The molecule has 0 atom stereocenters. The van der Waals surface area contributed by atoms with Crippen LogP contribution in [0.1, 0.15) is 5.69 Å². The molecule has 0 fully saturated rings. The molecule has 0 amide bonds. The van der Waals surface area contributed by atoms with Crippen LogP contribution in [-0.2, 0) is 6.61 Å². The van der Waals surface area contributed by atoms with E-state index in [4.69, 9.17) is 13.9 Å². The number of aromatic hydroxyl groups is 1. The second kappa shape index (κ2) is 8.51. The van der Waals surface area contributed by atoms with Crippen molar-refractivity contribution in [2.45, 2.75) is 6.61 Å². The zero-order valence-corrected chi connectivity index (χ0v) is 17.6. The maximum absolute atomic E-state index is 12.6. The van der Waals surface area contributed by atoms with Crippen molar-refractivity contribution in [2.24, 2.45) is 0 Å². The second-order valence-corrected chi connectivity index (χ2v) is 7.30. The van der Waals surface area contributed by atoms with Gasteiger partial charge in [0.15, 0.2) is 5.43 Å². The van der Waals surface area contributed by atoms with Crippen molar-refractivity contribution in [3.63, 3.8) is 0 Å². The normalized spacial score (nSPS) is 10.9. The molecule has 0 unspecified atom stereocenters. The fraction of sp³-hybridized carbons (Fsp3) is 0.0800. The van der Waals surface area contributed by atoms with Gasteiger partial charge >= 0.3 is 0 Å². The summed E-state index contributed by atoms with van der Waals surface area (Å²) >= 11 is 0. The molecule has 0 saturated carbocycles. The first-order valence-electron chi connectivity index (χ1n) is 10.2. The summed E-state index contributed by atoms with van der Waals surface area (Å²) in [5.74, 6) is 1.29. The zero-order valence-electron chi connectivity index (χ0n) is 17.6. The number of methoxy groups -OCH3 is 1. The Morgan fingerprint density at radius 1 is 1.00 bits per heavy atom. The number of benzene rings is 3. The molecule has 5 aromatic rings. The minimum absolute atomic E-state index is 0.104. The lowest BCUT2D eigenvalue weighted by Gasteiger charge is -2.08. The summed E-state index contributed by atoms with van der Waals surface area (Å²) in [6, 6.07) is 21.0. The molecule has 0 aliphatic carbocycles. The topological polar surface area (TPSA) is 99.6 Å². The maximum atomic E-state index is 12.6. The Morgan fingerprint density at radius 3 is 2.55 bits per heavy atom. The van der Waals surface area contributed by atoms with E-state index in [1.807, 2.05) is 54.6 Å². The SMILES string of the molecule is COc1ccc(-n2cc(COc3cc(O)c4c(=O)cc(-c5ccccc5)oc4c3)nn2)cc1. The Balaban J connectivity index is 1.39. The smallest absolute Gasteiger partial charge is 0.197 e. The van der Waals surface area contributed by atoms with Gasteiger partial charge in [-0.1, -0.05) is 35.5 Å². The number of hydrogen-bond acceptors (Lipinski definition) is 7. The molecule has 164 valence electrons. The van der Waals surface area contributed by atoms with Gasteiger partial charge in [-0.2, -0.15) is 0 Å². The number of fused-ring (bicyclic) bond motifs is 1. The minimum Gasteiger partial charge on any atom is -0.507 e. The number of hydrogen-bond donors (Lipinski definition) is 1. The molecule has 2 heterocycles. The summed E-state index contributed by atoms with van der Waals surface area (Å²) in [5.41, 5.74) is 2.08. The third kappa shape index (κ3) is 4.14. The largest absolute Gasteiger partial charge is 0.507 e. The molecule has 0 bridgehead atoms. The van der Waals surface area contributed by atoms with Crippen LogP contribution in [0.15, 0.2) is 88.2 Å². The van der Waals surface area contributed by atoms with E-state index in [0.717, 1.165) is 17.0 Å². The van der Waals surface area contributed by atoms with Crippen molar-refractivity contribution >= 4 is 11.0 Å². The summed E-state index contributed by atoms with van der Waals surface area (Å²) in [5, 5.41) is 18.7. The molecule has 0 aliphatic heterocycles. The highest BCUT2D eigenvalue weighted by atomic mass is 16.5. The Bertz CT molecular complexity index is 1470. The molecule has 3 aromatic carbocycles. The van der Waals surface area contributed by atoms with E-state index < -0.39 is 0 Å². The number of phenolic OH excluding ortho intramolecular Hbond substituents is 1. The van der Waals surface area contributed by atoms with Crippen LogP contribution in [0.4, 0.5) is 0 Å². The van der Waals surface area contributed by atoms with Gasteiger partial charge in [0.25, 0.3) is 0 Å². The van der Waals surface area contributed by atoms with Crippen LogP contribution < -0.4 is 14.9 Å². The molecule has 1 N–H and O–H groups in total. The molecule has 8 nitrogen and oxygen atoms in total. The lowest BCUT2D eigenvalue weighted by atomic mass is 10.1. The standard InChI is InChI=1S/C25H19N3O5/c1-31-19-9-7-18(8-10-19)28-14-17(26-27-28)15-32-20-11-21(29)25-22(30)13-23(33-24(25)12-20)16-5-3-2-4-6-16/h2-14,29H,15H2,1H3. The van der Waals surface area contributed by atoms with Crippen LogP contribution in [0.3, 0.4) is 0 Å². The summed E-state index contributed by atoms with van der Waals surface area (Å²) in [6.45, 7) is 0.115. The molecule has 2 aromatic heterocycles. The Morgan fingerprint density at radius 2 is 1.79 bits per heavy atom. The molecule has 5 rings (SSSR count). The average molecular weight is 441 g/mol. The maximum Gasteiger partial charge on any atom is 0.197 e. The monoisotopic (exact) mass is 441 g/mol. The van der Waals surface area contributed by atoms with Gasteiger partial charge in [0.2, 0.25) is 0 Å². The summed E-state index contributed by atoms with van der Waals surface area (Å²) in [6.07, 6.45) is 1.75. The lowest BCUT2D eigenvalue weighted by Crippen LogP contribution is -2.02. The van der Waals surface area contributed by atoms with Crippen molar-refractivity contribution in [2.75, 3.05) is 7.11 Å². The number of phenols is 1. The van der Waals surface area contributed by atoms with Crippen molar-refractivity contribution < 1.29 is 19.0 Å². The summed E-state index contributed by atoms with van der Waals surface area (Å²) in [4.78, 5) is 12.6. The number of nitrogens with zero attached hydrogens (tertiary/aromatic N) is 3. The van der Waals surface area contributed by atoms with Crippen LogP contribution in [0.2, 0.25) is 0 Å². The number of rotatable bonds is 6. The minimum atomic E-state index is -0.332. The molecule has 33 heavy (non-hydrogen) atoms. The van der Waals surface area contributed by atoms with Gasteiger partial charge in [0.05, 0.1) is 19.0 Å². The van der Waals surface area contributed by atoms with E-state index in [-0.39, 0.29) is 28.8 Å². The molecule has 8 heteroatoms. The third-order valence-electron chi connectivity index (χ3n) is 5.11. The van der Waals surface area contributed by atoms with E-state index in [0.29, 0.717) is 17.2 Å². The second-order valence-electron chi connectivity index (χ2n) is 7.30. The molecular weight excluding hydrogens is 422 g/mol. The van der Waals surface area contributed by atoms with Crippen molar-refractivity contribution in [1.82, 2.24) is 15.0 Å². The molecule has 0 aliphatic rings. The van der Waals surface area contributed by atoms with Crippen LogP contribution in [-0.4, -0.2) is 27.2 Å². The Labute approximate surface area is 188 Å². The summed E-state index contributed by atoms with van der Waals surface area (Å²) < 4.78 is 18.5. The van der Waals surface area contributed by atoms with Gasteiger partial charge in [-0.05, 0) is 24.3 Å². The number of aromatic nitrogens is 3. The van der Waals surface area contributed by atoms with E-state index in [1.165, 1.54) is 12.1 Å².